The number of carbonyl (C=O) groups excluding carboxylic acids is 2. The van der Waals surface area contributed by atoms with Crippen molar-refractivity contribution in [1.29, 1.82) is 0 Å². The van der Waals surface area contributed by atoms with Gasteiger partial charge >= 0.3 is 0 Å². The van der Waals surface area contributed by atoms with Gasteiger partial charge in [-0.15, -0.1) is 0 Å². The molecule has 0 radical (unpaired) electrons. The van der Waals surface area contributed by atoms with E-state index in [1.54, 1.807) is 7.05 Å². The number of carbonyl (C=O) groups is 2. The third kappa shape index (κ3) is 4.06. The molecule has 1 amide bonds. The third-order valence-electron chi connectivity index (χ3n) is 2.13. The SMILES string of the molecule is CC(=O)C(CC(C)C)N(C)C(C)=O. The second-order valence-electron chi connectivity index (χ2n) is 3.89. The number of likely N-dealkylation sites (N-methyl/N-ethyl adjacent to an activating group) is 1. The molecule has 0 N–H and O–H groups in total. The number of hydrogen-bond acceptors (Lipinski definition) is 2. The minimum absolute atomic E-state index is 0.0548. The van der Waals surface area contributed by atoms with Crippen LogP contribution < -0.4 is 0 Å². The molecule has 1 unspecified atom stereocenters. The fraction of sp³-hybridized carbons (Fsp3) is 0.800. The zero-order chi connectivity index (χ0) is 10.6. The first-order chi connectivity index (χ1) is 5.86. The van der Waals surface area contributed by atoms with E-state index in [0.29, 0.717) is 5.92 Å². The summed E-state index contributed by atoms with van der Waals surface area (Å²) in [5.74, 6) is 0.433. The third-order valence-corrected chi connectivity index (χ3v) is 2.13. The number of rotatable bonds is 4. The van der Waals surface area contributed by atoms with Crippen LogP contribution in [0.25, 0.3) is 0 Å². The minimum atomic E-state index is -0.252. The molecule has 0 fully saturated rings. The Morgan fingerprint density at radius 3 is 1.92 bits per heavy atom. The first-order valence-electron chi connectivity index (χ1n) is 4.60. The molecule has 0 heterocycles. The molecule has 76 valence electrons. The van der Waals surface area contributed by atoms with Gasteiger partial charge in [-0.2, -0.15) is 0 Å². The van der Waals surface area contributed by atoms with Crippen molar-refractivity contribution in [2.45, 2.75) is 40.2 Å². The molecule has 0 spiro atoms. The fourth-order valence-electron chi connectivity index (χ4n) is 1.26. The molecule has 0 aliphatic rings. The lowest BCUT2D eigenvalue weighted by Crippen LogP contribution is -2.41. The van der Waals surface area contributed by atoms with Gasteiger partial charge in [0.25, 0.3) is 0 Å². The molecule has 0 aromatic rings. The van der Waals surface area contributed by atoms with Crippen molar-refractivity contribution in [3.8, 4) is 0 Å². The number of amides is 1. The molecule has 0 bridgehead atoms. The summed E-state index contributed by atoms with van der Waals surface area (Å²) < 4.78 is 0. The predicted octanol–water partition coefficient (Wildman–Crippen LogP) is 1.47. The van der Waals surface area contributed by atoms with E-state index >= 15 is 0 Å². The van der Waals surface area contributed by atoms with Crippen LogP contribution in [0.1, 0.15) is 34.1 Å². The molecule has 3 nitrogen and oxygen atoms in total. The summed E-state index contributed by atoms with van der Waals surface area (Å²) in [5, 5.41) is 0. The van der Waals surface area contributed by atoms with E-state index in [1.165, 1.54) is 18.7 Å². The van der Waals surface area contributed by atoms with Gasteiger partial charge in [0.15, 0.2) is 5.78 Å². The van der Waals surface area contributed by atoms with E-state index in [-0.39, 0.29) is 17.7 Å². The molecule has 13 heavy (non-hydrogen) atoms. The van der Waals surface area contributed by atoms with Crippen molar-refractivity contribution in [1.82, 2.24) is 4.90 Å². The summed E-state index contributed by atoms with van der Waals surface area (Å²) in [6.45, 7) is 7.11. The average molecular weight is 185 g/mol. The second-order valence-corrected chi connectivity index (χ2v) is 3.89. The van der Waals surface area contributed by atoms with E-state index in [4.69, 9.17) is 0 Å². The molecular weight excluding hydrogens is 166 g/mol. The summed E-state index contributed by atoms with van der Waals surface area (Å²) >= 11 is 0. The largest absolute Gasteiger partial charge is 0.336 e. The molecule has 0 aliphatic carbocycles. The van der Waals surface area contributed by atoms with Crippen molar-refractivity contribution in [2.75, 3.05) is 7.05 Å². The number of hydrogen-bond donors (Lipinski definition) is 0. The average Bonchev–Trinajstić information content (AvgIpc) is 1.97. The Morgan fingerprint density at radius 2 is 1.69 bits per heavy atom. The lowest BCUT2D eigenvalue weighted by atomic mass is 10.00. The standard InChI is InChI=1S/C10H19NO2/c1-7(2)6-10(8(3)12)11(5)9(4)13/h7,10H,6H2,1-5H3. The summed E-state index contributed by atoms with van der Waals surface area (Å²) in [6, 6.07) is -0.252. The van der Waals surface area contributed by atoms with Gasteiger partial charge in [0, 0.05) is 14.0 Å². The van der Waals surface area contributed by atoms with Crippen molar-refractivity contribution < 1.29 is 9.59 Å². The van der Waals surface area contributed by atoms with E-state index in [2.05, 4.69) is 0 Å². The maximum absolute atomic E-state index is 11.2. The monoisotopic (exact) mass is 185 g/mol. The van der Waals surface area contributed by atoms with Crippen LogP contribution in [-0.2, 0) is 9.59 Å². The van der Waals surface area contributed by atoms with E-state index in [1.807, 2.05) is 13.8 Å². The zero-order valence-corrected chi connectivity index (χ0v) is 9.13. The maximum atomic E-state index is 11.2. The number of nitrogens with zero attached hydrogens (tertiary/aromatic N) is 1. The summed E-state index contributed by atoms with van der Waals surface area (Å²) in [4.78, 5) is 23.8. The normalized spacial score (nSPS) is 12.8. The number of ketones is 1. The van der Waals surface area contributed by atoms with Gasteiger partial charge in [-0.05, 0) is 19.3 Å². The lowest BCUT2D eigenvalue weighted by Gasteiger charge is -2.26. The van der Waals surface area contributed by atoms with Crippen LogP contribution in [0.2, 0.25) is 0 Å². The van der Waals surface area contributed by atoms with Gasteiger partial charge < -0.3 is 4.90 Å². The number of Topliss-reactive ketones (excluding diaryl/α,β-unsaturated/α-hetero) is 1. The first-order valence-corrected chi connectivity index (χ1v) is 4.60. The highest BCUT2D eigenvalue weighted by molar-refractivity contribution is 5.86. The van der Waals surface area contributed by atoms with Crippen molar-refractivity contribution in [3.63, 3.8) is 0 Å². The van der Waals surface area contributed by atoms with Crippen LogP contribution in [0.3, 0.4) is 0 Å². The van der Waals surface area contributed by atoms with Crippen molar-refractivity contribution >= 4 is 11.7 Å². The Bertz CT molecular complexity index is 199. The van der Waals surface area contributed by atoms with Crippen LogP contribution in [0.15, 0.2) is 0 Å². The van der Waals surface area contributed by atoms with Crippen molar-refractivity contribution in [2.24, 2.45) is 5.92 Å². The highest BCUT2D eigenvalue weighted by atomic mass is 16.2. The van der Waals surface area contributed by atoms with E-state index in [0.717, 1.165) is 6.42 Å². The molecule has 1 atom stereocenters. The van der Waals surface area contributed by atoms with Gasteiger partial charge in [0.2, 0.25) is 5.91 Å². The van der Waals surface area contributed by atoms with Gasteiger partial charge in [0.05, 0.1) is 6.04 Å². The Morgan fingerprint density at radius 1 is 1.23 bits per heavy atom. The minimum Gasteiger partial charge on any atom is -0.336 e. The Hall–Kier alpha value is -0.860. The summed E-state index contributed by atoms with van der Waals surface area (Å²) in [5.41, 5.74) is 0. The molecule has 0 aliphatic heterocycles. The van der Waals surface area contributed by atoms with Crippen molar-refractivity contribution in [3.05, 3.63) is 0 Å². The Kier molecular flexibility index (Phi) is 4.67. The van der Waals surface area contributed by atoms with Crippen LogP contribution >= 0.6 is 0 Å². The molecule has 3 heteroatoms. The van der Waals surface area contributed by atoms with Crippen LogP contribution in [-0.4, -0.2) is 29.7 Å². The van der Waals surface area contributed by atoms with E-state index < -0.39 is 0 Å². The van der Waals surface area contributed by atoms with Crippen LogP contribution in [0, 0.1) is 5.92 Å². The smallest absolute Gasteiger partial charge is 0.219 e. The predicted molar refractivity (Wildman–Crippen MR) is 52.4 cm³/mol. The maximum Gasteiger partial charge on any atom is 0.219 e. The van der Waals surface area contributed by atoms with Gasteiger partial charge in [-0.25, -0.2) is 0 Å². The quantitative estimate of drug-likeness (QED) is 0.665. The molecule has 0 saturated carbocycles. The lowest BCUT2D eigenvalue weighted by molar-refractivity contribution is -0.136. The molecule has 0 aromatic carbocycles. The van der Waals surface area contributed by atoms with Crippen LogP contribution in [0.5, 0.6) is 0 Å². The Balaban J connectivity index is 4.42. The molecule has 0 aromatic heterocycles. The van der Waals surface area contributed by atoms with Gasteiger partial charge in [-0.3, -0.25) is 9.59 Å². The zero-order valence-electron chi connectivity index (χ0n) is 9.13. The van der Waals surface area contributed by atoms with E-state index in [9.17, 15) is 9.59 Å². The fourth-order valence-corrected chi connectivity index (χ4v) is 1.26. The second kappa shape index (κ2) is 5.00. The summed E-state index contributed by atoms with van der Waals surface area (Å²) in [6.07, 6.45) is 0.741. The highest BCUT2D eigenvalue weighted by Gasteiger charge is 2.22. The molecule has 0 saturated heterocycles. The van der Waals surface area contributed by atoms with Crippen LogP contribution in [0.4, 0.5) is 0 Å². The first kappa shape index (κ1) is 12.1. The molecular formula is C10H19NO2. The van der Waals surface area contributed by atoms with Gasteiger partial charge in [-0.1, -0.05) is 13.8 Å². The topological polar surface area (TPSA) is 37.4 Å². The summed E-state index contributed by atoms with van der Waals surface area (Å²) in [7, 11) is 1.68. The Labute approximate surface area is 80.1 Å². The highest BCUT2D eigenvalue weighted by Crippen LogP contribution is 2.11. The van der Waals surface area contributed by atoms with Gasteiger partial charge in [0.1, 0.15) is 0 Å². The molecule has 0 rings (SSSR count).